The number of benzene rings is 1. The number of fused-ring (bicyclic) bond motifs is 1. The van der Waals surface area contributed by atoms with E-state index in [4.69, 9.17) is 4.42 Å². The van der Waals surface area contributed by atoms with Gasteiger partial charge in [0.25, 0.3) is 5.91 Å². The largest absolute Gasteiger partial charge is 0.451 e. The second kappa shape index (κ2) is 6.88. The van der Waals surface area contributed by atoms with Crippen molar-refractivity contribution in [2.45, 2.75) is 13.8 Å². The van der Waals surface area contributed by atoms with E-state index in [0.717, 1.165) is 22.1 Å². The van der Waals surface area contributed by atoms with Gasteiger partial charge in [-0.25, -0.2) is 0 Å². The average molecular weight is 343 g/mol. The predicted molar refractivity (Wildman–Crippen MR) is 96.7 cm³/mol. The third-order valence-electron chi connectivity index (χ3n) is 4.80. The Kier molecular flexibility index (Phi) is 4.81. The summed E-state index contributed by atoms with van der Waals surface area (Å²) in [4.78, 5) is 30.2. The molecule has 0 bridgehead atoms. The summed E-state index contributed by atoms with van der Waals surface area (Å²) in [7, 11) is 3.52. The maximum absolute atomic E-state index is 12.9. The molecule has 0 unspecified atom stereocenters. The SMILES string of the molecule is Cc1ccc2oc(C(=O)N3CCN(CC(=O)N(C)C)CC3)c(C)c2c1. The Morgan fingerprint density at radius 2 is 1.80 bits per heavy atom. The number of carbonyl (C=O) groups is 2. The molecule has 0 atom stereocenters. The molecule has 2 aromatic rings. The maximum atomic E-state index is 12.9. The van der Waals surface area contributed by atoms with Crippen molar-refractivity contribution in [1.29, 1.82) is 0 Å². The van der Waals surface area contributed by atoms with E-state index in [2.05, 4.69) is 11.0 Å². The predicted octanol–water partition coefficient (Wildman–Crippen LogP) is 1.90. The van der Waals surface area contributed by atoms with Crippen molar-refractivity contribution < 1.29 is 14.0 Å². The lowest BCUT2D eigenvalue weighted by atomic mass is 10.1. The van der Waals surface area contributed by atoms with Crippen molar-refractivity contribution in [2.75, 3.05) is 46.8 Å². The van der Waals surface area contributed by atoms with Gasteiger partial charge >= 0.3 is 0 Å². The van der Waals surface area contributed by atoms with Crippen molar-refractivity contribution >= 4 is 22.8 Å². The molecule has 1 saturated heterocycles. The van der Waals surface area contributed by atoms with Crippen LogP contribution in [0.2, 0.25) is 0 Å². The smallest absolute Gasteiger partial charge is 0.289 e. The van der Waals surface area contributed by atoms with Crippen LogP contribution in [0.4, 0.5) is 0 Å². The minimum atomic E-state index is -0.0649. The Bertz CT molecular complexity index is 802. The molecule has 134 valence electrons. The Morgan fingerprint density at radius 3 is 2.44 bits per heavy atom. The molecule has 0 radical (unpaired) electrons. The fourth-order valence-corrected chi connectivity index (χ4v) is 3.12. The van der Waals surface area contributed by atoms with Gasteiger partial charge in [-0.3, -0.25) is 14.5 Å². The summed E-state index contributed by atoms with van der Waals surface area (Å²) >= 11 is 0. The van der Waals surface area contributed by atoms with Crippen LogP contribution in [0.1, 0.15) is 21.7 Å². The highest BCUT2D eigenvalue weighted by molar-refractivity contribution is 5.99. The topological polar surface area (TPSA) is 57.0 Å². The highest BCUT2D eigenvalue weighted by Crippen LogP contribution is 2.27. The minimum Gasteiger partial charge on any atom is -0.451 e. The molecule has 1 aliphatic rings. The summed E-state index contributed by atoms with van der Waals surface area (Å²) in [6, 6.07) is 5.95. The molecule has 1 aliphatic heterocycles. The molecule has 2 heterocycles. The summed E-state index contributed by atoms with van der Waals surface area (Å²) in [5.41, 5.74) is 2.80. The molecule has 0 saturated carbocycles. The molecule has 1 aromatic heterocycles. The van der Waals surface area contributed by atoms with Gasteiger partial charge in [-0.05, 0) is 26.0 Å². The lowest BCUT2D eigenvalue weighted by Crippen LogP contribution is -2.51. The van der Waals surface area contributed by atoms with E-state index >= 15 is 0 Å². The molecular formula is C19H25N3O3. The van der Waals surface area contributed by atoms with E-state index in [1.807, 2.05) is 30.9 Å². The van der Waals surface area contributed by atoms with Crippen molar-refractivity contribution in [2.24, 2.45) is 0 Å². The van der Waals surface area contributed by atoms with Crippen LogP contribution in [0.15, 0.2) is 22.6 Å². The van der Waals surface area contributed by atoms with Crippen molar-refractivity contribution in [1.82, 2.24) is 14.7 Å². The standard InChI is InChI=1S/C19H25N3O3/c1-13-5-6-16-15(11-13)14(2)18(25-16)19(24)22-9-7-21(8-10-22)12-17(23)20(3)4/h5-6,11H,7-10,12H2,1-4H3. The lowest BCUT2D eigenvalue weighted by molar-refractivity contribution is -0.130. The zero-order valence-corrected chi connectivity index (χ0v) is 15.3. The molecule has 0 aliphatic carbocycles. The van der Waals surface area contributed by atoms with Gasteiger partial charge in [-0.2, -0.15) is 0 Å². The van der Waals surface area contributed by atoms with Crippen molar-refractivity contribution in [3.63, 3.8) is 0 Å². The molecule has 2 amide bonds. The first-order chi connectivity index (χ1) is 11.9. The van der Waals surface area contributed by atoms with E-state index < -0.39 is 0 Å². The Balaban J connectivity index is 1.69. The van der Waals surface area contributed by atoms with Crippen LogP contribution in [0, 0.1) is 13.8 Å². The van der Waals surface area contributed by atoms with Crippen LogP contribution in [-0.2, 0) is 4.79 Å². The molecule has 0 N–H and O–H groups in total. The summed E-state index contributed by atoms with van der Waals surface area (Å²) in [6.07, 6.45) is 0. The Morgan fingerprint density at radius 1 is 1.12 bits per heavy atom. The fraction of sp³-hybridized carbons (Fsp3) is 0.474. The van der Waals surface area contributed by atoms with Gasteiger partial charge in [-0.1, -0.05) is 11.6 Å². The van der Waals surface area contributed by atoms with Gasteiger partial charge in [0.15, 0.2) is 5.76 Å². The minimum absolute atomic E-state index is 0.0649. The van der Waals surface area contributed by atoms with Gasteiger partial charge in [0.1, 0.15) is 5.58 Å². The highest BCUT2D eigenvalue weighted by atomic mass is 16.3. The van der Waals surface area contributed by atoms with Gasteiger partial charge < -0.3 is 14.2 Å². The number of hydrogen-bond acceptors (Lipinski definition) is 4. The van der Waals surface area contributed by atoms with Crippen molar-refractivity contribution in [3.05, 3.63) is 35.1 Å². The molecule has 0 spiro atoms. The Hall–Kier alpha value is -2.34. The van der Waals surface area contributed by atoms with Gasteiger partial charge in [0, 0.05) is 51.2 Å². The first kappa shape index (κ1) is 17.5. The Labute approximate surface area is 148 Å². The number of furan rings is 1. The monoisotopic (exact) mass is 343 g/mol. The molecule has 6 nitrogen and oxygen atoms in total. The van der Waals surface area contributed by atoms with Crippen LogP contribution in [-0.4, -0.2) is 73.3 Å². The summed E-state index contributed by atoms with van der Waals surface area (Å²) in [5, 5.41) is 0.999. The first-order valence-corrected chi connectivity index (χ1v) is 8.58. The number of carbonyl (C=O) groups excluding carboxylic acids is 2. The number of hydrogen-bond donors (Lipinski definition) is 0. The molecule has 1 aromatic carbocycles. The second-order valence-electron chi connectivity index (χ2n) is 6.91. The number of aryl methyl sites for hydroxylation is 2. The van der Waals surface area contributed by atoms with Gasteiger partial charge in [0.2, 0.25) is 5.91 Å². The summed E-state index contributed by atoms with van der Waals surface area (Å²) in [5.74, 6) is 0.451. The van der Waals surface area contributed by atoms with Crippen LogP contribution in [0.5, 0.6) is 0 Å². The summed E-state index contributed by atoms with van der Waals surface area (Å²) in [6.45, 7) is 6.97. The van der Waals surface area contributed by atoms with Crippen LogP contribution >= 0.6 is 0 Å². The number of nitrogens with zero attached hydrogens (tertiary/aromatic N) is 3. The van der Waals surface area contributed by atoms with E-state index in [9.17, 15) is 9.59 Å². The highest BCUT2D eigenvalue weighted by Gasteiger charge is 2.27. The number of piperazine rings is 1. The van der Waals surface area contributed by atoms with E-state index in [1.165, 1.54) is 0 Å². The van der Waals surface area contributed by atoms with Gasteiger partial charge in [-0.15, -0.1) is 0 Å². The molecular weight excluding hydrogens is 318 g/mol. The lowest BCUT2D eigenvalue weighted by Gasteiger charge is -2.34. The average Bonchev–Trinajstić information content (AvgIpc) is 2.91. The van der Waals surface area contributed by atoms with Crippen LogP contribution in [0.3, 0.4) is 0 Å². The van der Waals surface area contributed by atoms with E-state index in [-0.39, 0.29) is 11.8 Å². The zero-order valence-electron chi connectivity index (χ0n) is 15.3. The van der Waals surface area contributed by atoms with Crippen molar-refractivity contribution in [3.8, 4) is 0 Å². The molecule has 1 fully saturated rings. The van der Waals surface area contributed by atoms with Crippen LogP contribution < -0.4 is 0 Å². The number of rotatable bonds is 3. The fourth-order valence-electron chi connectivity index (χ4n) is 3.12. The molecule has 6 heteroatoms. The zero-order chi connectivity index (χ0) is 18.1. The normalized spacial score (nSPS) is 15.6. The summed E-state index contributed by atoms with van der Waals surface area (Å²) < 4.78 is 5.83. The molecule has 25 heavy (non-hydrogen) atoms. The van der Waals surface area contributed by atoms with Crippen LogP contribution in [0.25, 0.3) is 11.0 Å². The number of amides is 2. The number of likely N-dealkylation sites (N-methyl/N-ethyl adjacent to an activating group) is 1. The second-order valence-corrected chi connectivity index (χ2v) is 6.91. The third-order valence-corrected chi connectivity index (χ3v) is 4.80. The quantitative estimate of drug-likeness (QED) is 0.854. The molecule has 3 rings (SSSR count). The maximum Gasteiger partial charge on any atom is 0.289 e. The van der Waals surface area contributed by atoms with Gasteiger partial charge in [0.05, 0.1) is 6.54 Å². The van der Waals surface area contributed by atoms with E-state index in [0.29, 0.717) is 38.5 Å². The van der Waals surface area contributed by atoms with E-state index in [1.54, 1.807) is 19.0 Å². The third kappa shape index (κ3) is 3.54. The first-order valence-electron chi connectivity index (χ1n) is 8.58.